The standard InChI is InChI=1S/C7H9NO.CHN/c1-6-7(5-9)3-2-4-8-6;1-2/h2-4,9H,5H2,1H3;1H. The van der Waals surface area contributed by atoms with Gasteiger partial charge >= 0.3 is 0 Å². The Bertz CT molecular complexity index is 233. The van der Waals surface area contributed by atoms with Crippen molar-refractivity contribution < 1.29 is 5.11 Å². The molecule has 1 aromatic rings. The van der Waals surface area contributed by atoms with Gasteiger partial charge in [0.15, 0.2) is 0 Å². The van der Waals surface area contributed by atoms with Gasteiger partial charge in [0.1, 0.15) is 0 Å². The Hall–Kier alpha value is -1.40. The number of nitrogens with zero attached hydrogens (tertiary/aromatic N) is 2. The van der Waals surface area contributed by atoms with E-state index in [9.17, 15) is 0 Å². The number of aliphatic hydroxyl groups excluding tert-OH is 1. The number of nitriles is 1. The van der Waals surface area contributed by atoms with E-state index in [1.807, 2.05) is 19.1 Å². The third-order valence-corrected chi connectivity index (χ3v) is 1.29. The molecule has 11 heavy (non-hydrogen) atoms. The minimum atomic E-state index is 0.0830. The van der Waals surface area contributed by atoms with E-state index in [-0.39, 0.29) is 6.61 Å². The van der Waals surface area contributed by atoms with Gasteiger partial charge in [0, 0.05) is 18.5 Å². The number of hydrogen-bond acceptors (Lipinski definition) is 3. The molecule has 0 atom stereocenters. The summed E-state index contributed by atoms with van der Waals surface area (Å²) in [5.41, 5.74) is 1.80. The molecule has 0 aliphatic rings. The number of rotatable bonds is 1. The average Bonchev–Trinajstić information content (AvgIpc) is 2.09. The monoisotopic (exact) mass is 150 g/mol. The van der Waals surface area contributed by atoms with Crippen LogP contribution in [0.25, 0.3) is 0 Å². The minimum Gasteiger partial charge on any atom is -0.392 e. The molecule has 0 unspecified atom stereocenters. The van der Waals surface area contributed by atoms with Crippen LogP contribution in [0.4, 0.5) is 0 Å². The van der Waals surface area contributed by atoms with E-state index in [4.69, 9.17) is 10.4 Å². The van der Waals surface area contributed by atoms with Gasteiger partial charge in [-0.3, -0.25) is 4.98 Å². The number of hydrogen-bond donors (Lipinski definition) is 1. The van der Waals surface area contributed by atoms with E-state index in [0.717, 1.165) is 11.3 Å². The van der Waals surface area contributed by atoms with Gasteiger partial charge in [-0.1, -0.05) is 6.07 Å². The zero-order valence-electron chi connectivity index (χ0n) is 6.36. The molecular formula is C8H10N2O. The van der Waals surface area contributed by atoms with Crippen LogP contribution in [0.15, 0.2) is 18.3 Å². The van der Waals surface area contributed by atoms with E-state index in [1.54, 1.807) is 6.20 Å². The Morgan fingerprint density at radius 1 is 1.64 bits per heavy atom. The summed E-state index contributed by atoms with van der Waals surface area (Å²) in [6, 6.07) is 3.68. The van der Waals surface area contributed by atoms with Crippen molar-refractivity contribution in [3.05, 3.63) is 29.6 Å². The fourth-order valence-corrected chi connectivity index (χ4v) is 0.685. The van der Waals surface area contributed by atoms with Gasteiger partial charge in [-0.25, -0.2) is 5.26 Å². The van der Waals surface area contributed by atoms with Crippen molar-refractivity contribution in [1.82, 2.24) is 4.98 Å². The normalized spacial score (nSPS) is 8.00. The van der Waals surface area contributed by atoms with Crippen molar-refractivity contribution in [2.24, 2.45) is 0 Å². The molecular weight excluding hydrogens is 140 g/mol. The zero-order valence-corrected chi connectivity index (χ0v) is 6.36. The number of aryl methyl sites for hydroxylation is 1. The lowest BCUT2D eigenvalue weighted by Gasteiger charge is -1.96. The molecule has 3 nitrogen and oxygen atoms in total. The van der Waals surface area contributed by atoms with E-state index in [0.29, 0.717) is 0 Å². The molecule has 0 fully saturated rings. The first-order valence-corrected chi connectivity index (χ1v) is 3.12. The topological polar surface area (TPSA) is 56.9 Å². The number of aromatic nitrogens is 1. The van der Waals surface area contributed by atoms with E-state index in [1.165, 1.54) is 0 Å². The van der Waals surface area contributed by atoms with E-state index in [2.05, 4.69) is 11.6 Å². The highest BCUT2D eigenvalue weighted by atomic mass is 16.3. The Balaban J connectivity index is 0.000000461. The quantitative estimate of drug-likeness (QED) is 0.650. The molecule has 0 aliphatic carbocycles. The van der Waals surface area contributed by atoms with Crippen molar-refractivity contribution in [2.45, 2.75) is 13.5 Å². The summed E-state index contributed by atoms with van der Waals surface area (Å²) in [6.07, 6.45) is 1.72. The smallest absolute Gasteiger partial charge is 0.0699 e. The molecule has 1 rings (SSSR count). The fourth-order valence-electron chi connectivity index (χ4n) is 0.685. The Labute approximate surface area is 65.9 Å². The van der Waals surface area contributed by atoms with Crippen LogP contribution in [0, 0.1) is 18.8 Å². The van der Waals surface area contributed by atoms with Gasteiger partial charge in [-0.05, 0) is 18.6 Å². The summed E-state index contributed by atoms with van der Waals surface area (Å²) in [6.45, 7) is 5.46. The lowest BCUT2D eigenvalue weighted by molar-refractivity contribution is 0.280. The van der Waals surface area contributed by atoms with Crippen LogP contribution in [-0.2, 0) is 6.61 Å². The highest BCUT2D eigenvalue weighted by Gasteiger charge is 1.92. The third-order valence-electron chi connectivity index (χ3n) is 1.29. The maximum absolute atomic E-state index is 8.68. The molecule has 0 radical (unpaired) electrons. The zero-order chi connectivity index (χ0) is 8.69. The Morgan fingerprint density at radius 3 is 2.64 bits per heavy atom. The summed E-state index contributed by atoms with van der Waals surface area (Å²) in [7, 11) is 0. The SMILES string of the molecule is C#N.Cc1ncccc1CO. The van der Waals surface area contributed by atoms with Gasteiger partial charge in [0.25, 0.3) is 0 Å². The molecule has 1 N–H and O–H groups in total. The maximum atomic E-state index is 8.68. The molecule has 0 saturated heterocycles. The molecule has 1 aromatic heterocycles. The molecule has 0 aromatic carbocycles. The molecule has 1 heterocycles. The fraction of sp³-hybridized carbons (Fsp3) is 0.250. The average molecular weight is 150 g/mol. The summed E-state index contributed by atoms with van der Waals surface area (Å²) in [5, 5.41) is 15.2. The van der Waals surface area contributed by atoms with Gasteiger partial charge in [-0.2, -0.15) is 0 Å². The van der Waals surface area contributed by atoms with Crippen LogP contribution >= 0.6 is 0 Å². The lowest BCUT2D eigenvalue weighted by Crippen LogP contribution is -1.89. The van der Waals surface area contributed by atoms with Crippen LogP contribution < -0.4 is 0 Å². The lowest BCUT2D eigenvalue weighted by atomic mass is 10.2. The van der Waals surface area contributed by atoms with Gasteiger partial charge in [-0.15, -0.1) is 0 Å². The number of aliphatic hydroxyl groups is 1. The van der Waals surface area contributed by atoms with Crippen molar-refractivity contribution in [3.8, 4) is 6.57 Å². The van der Waals surface area contributed by atoms with Crippen molar-refractivity contribution in [1.29, 1.82) is 5.26 Å². The number of pyridine rings is 1. The molecule has 0 aliphatic heterocycles. The van der Waals surface area contributed by atoms with Crippen LogP contribution in [0.1, 0.15) is 11.3 Å². The second kappa shape index (κ2) is 5.39. The van der Waals surface area contributed by atoms with Crippen molar-refractivity contribution in [3.63, 3.8) is 0 Å². The summed E-state index contributed by atoms with van der Waals surface area (Å²) in [5.74, 6) is 0. The van der Waals surface area contributed by atoms with E-state index >= 15 is 0 Å². The Morgan fingerprint density at radius 2 is 2.27 bits per heavy atom. The summed E-state index contributed by atoms with van der Waals surface area (Å²) < 4.78 is 0. The second-order valence-electron chi connectivity index (χ2n) is 1.91. The van der Waals surface area contributed by atoms with Crippen LogP contribution in [0.5, 0.6) is 0 Å². The first kappa shape index (κ1) is 9.60. The van der Waals surface area contributed by atoms with Crippen LogP contribution in [0.2, 0.25) is 0 Å². The van der Waals surface area contributed by atoms with E-state index < -0.39 is 0 Å². The highest BCUT2D eigenvalue weighted by molar-refractivity contribution is 5.16. The van der Waals surface area contributed by atoms with Crippen LogP contribution in [-0.4, -0.2) is 10.1 Å². The largest absolute Gasteiger partial charge is 0.392 e. The predicted octanol–water partition coefficient (Wildman–Crippen LogP) is 1.02. The summed E-state index contributed by atoms with van der Waals surface area (Å²) >= 11 is 0. The first-order chi connectivity index (χ1) is 5.34. The molecule has 58 valence electrons. The molecule has 0 amide bonds. The van der Waals surface area contributed by atoms with Gasteiger partial charge in [0.05, 0.1) is 6.61 Å². The predicted molar refractivity (Wildman–Crippen MR) is 41.6 cm³/mol. The van der Waals surface area contributed by atoms with Crippen molar-refractivity contribution >= 4 is 0 Å². The third kappa shape index (κ3) is 2.78. The minimum absolute atomic E-state index is 0.0830. The van der Waals surface area contributed by atoms with Crippen LogP contribution in [0.3, 0.4) is 0 Å². The molecule has 0 saturated carbocycles. The molecule has 0 spiro atoms. The molecule has 0 bridgehead atoms. The van der Waals surface area contributed by atoms with Gasteiger partial charge < -0.3 is 5.11 Å². The molecule has 3 heteroatoms. The first-order valence-electron chi connectivity index (χ1n) is 3.12. The maximum Gasteiger partial charge on any atom is 0.0699 e. The Kier molecular flexibility index (Phi) is 4.70. The second-order valence-corrected chi connectivity index (χ2v) is 1.91. The van der Waals surface area contributed by atoms with Gasteiger partial charge in [0.2, 0.25) is 0 Å². The highest BCUT2D eigenvalue weighted by Crippen LogP contribution is 2.01. The summed E-state index contributed by atoms with van der Waals surface area (Å²) in [4.78, 5) is 3.99. The van der Waals surface area contributed by atoms with Crippen molar-refractivity contribution in [2.75, 3.05) is 0 Å².